The summed E-state index contributed by atoms with van der Waals surface area (Å²) in [5, 5.41) is 0. The number of hydrogen-bond acceptors (Lipinski definition) is 2. The maximum atomic E-state index is 12.3. The van der Waals surface area contributed by atoms with Gasteiger partial charge in [0.25, 0.3) is 0 Å². The van der Waals surface area contributed by atoms with E-state index < -0.39 is 0 Å². The summed E-state index contributed by atoms with van der Waals surface area (Å²) in [7, 11) is 0. The van der Waals surface area contributed by atoms with Gasteiger partial charge in [0, 0.05) is 13.1 Å². The molecule has 1 fully saturated rings. The third-order valence-corrected chi connectivity index (χ3v) is 3.90. The quantitative estimate of drug-likeness (QED) is 0.711. The fraction of sp³-hybridized carbons (Fsp3) is 0.846. The van der Waals surface area contributed by atoms with Gasteiger partial charge >= 0.3 is 0 Å². The van der Waals surface area contributed by atoms with Crippen LogP contribution in [0.15, 0.2) is 0 Å². The number of carbonyl (C=O) groups is 1. The predicted molar refractivity (Wildman–Crippen MR) is 74.8 cm³/mol. The van der Waals surface area contributed by atoms with E-state index in [1.165, 1.54) is 19.3 Å². The molecule has 1 amide bonds. The number of hydrogen-bond donors (Lipinski definition) is 1. The molecule has 0 heterocycles. The minimum Gasteiger partial charge on any atom is -0.393 e. The molecular weight excluding hydrogens is 232 g/mol. The number of nitrogens with zero attached hydrogens (tertiary/aromatic N) is 1. The minimum atomic E-state index is -0.255. The van der Waals surface area contributed by atoms with Crippen molar-refractivity contribution in [2.75, 3.05) is 13.1 Å². The van der Waals surface area contributed by atoms with E-state index in [2.05, 4.69) is 6.92 Å². The Balaban J connectivity index is 2.57. The number of nitrogens with two attached hydrogens (primary N) is 1. The van der Waals surface area contributed by atoms with E-state index in [0.717, 1.165) is 25.9 Å². The Kier molecular flexibility index (Phi) is 5.89. The summed E-state index contributed by atoms with van der Waals surface area (Å²) in [5.41, 5.74) is 5.68. The lowest BCUT2D eigenvalue weighted by Gasteiger charge is -2.33. The van der Waals surface area contributed by atoms with Crippen molar-refractivity contribution < 1.29 is 4.79 Å². The van der Waals surface area contributed by atoms with Gasteiger partial charge in [-0.2, -0.15) is 0 Å². The van der Waals surface area contributed by atoms with Gasteiger partial charge in [-0.3, -0.25) is 4.79 Å². The fourth-order valence-electron chi connectivity index (χ4n) is 2.26. The molecule has 0 aromatic rings. The Hall–Kier alpha value is -0.640. The van der Waals surface area contributed by atoms with Gasteiger partial charge in [-0.05, 0) is 32.1 Å². The van der Waals surface area contributed by atoms with Crippen molar-refractivity contribution in [2.24, 2.45) is 17.6 Å². The van der Waals surface area contributed by atoms with E-state index in [4.69, 9.17) is 18.0 Å². The third-order valence-electron chi connectivity index (χ3n) is 3.62. The molecule has 1 aliphatic rings. The van der Waals surface area contributed by atoms with Gasteiger partial charge in [0.05, 0.1) is 10.9 Å². The second-order valence-corrected chi connectivity index (χ2v) is 5.39. The zero-order valence-electron chi connectivity index (χ0n) is 10.9. The molecule has 17 heavy (non-hydrogen) atoms. The van der Waals surface area contributed by atoms with Gasteiger partial charge in [0.15, 0.2) is 0 Å². The molecule has 0 spiro atoms. The Labute approximate surface area is 110 Å². The van der Waals surface area contributed by atoms with E-state index >= 15 is 0 Å². The summed E-state index contributed by atoms with van der Waals surface area (Å²) in [4.78, 5) is 14.6. The van der Waals surface area contributed by atoms with Crippen molar-refractivity contribution in [3.8, 4) is 0 Å². The summed E-state index contributed by atoms with van der Waals surface area (Å²) in [6.07, 6.45) is 5.54. The third kappa shape index (κ3) is 3.95. The molecule has 0 aromatic carbocycles. The normalized spacial score (nSPS) is 17.3. The van der Waals surface area contributed by atoms with Crippen molar-refractivity contribution in [3.63, 3.8) is 0 Å². The van der Waals surface area contributed by atoms with Crippen LogP contribution in [0.4, 0.5) is 0 Å². The topological polar surface area (TPSA) is 46.3 Å². The van der Waals surface area contributed by atoms with Crippen molar-refractivity contribution in [3.05, 3.63) is 0 Å². The summed E-state index contributed by atoms with van der Waals surface area (Å²) < 4.78 is 0. The van der Waals surface area contributed by atoms with Crippen LogP contribution in [0.25, 0.3) is 0 Å². The average Bonchev–Trinajstić information content (AvgIpc) is 2.23. The van der Waals surface area contributed by atoms with Gasteiger partial charge in [0.2, 0.25) is 5.91 Å². The van der Waals surface area contributed by atoms with Crippen LogP contribution in [0.3, 0.4) is 0 Å². The smallest absolute Gasteiger partial charge is 0.232 e. The molecule has 1 rings (SSSR count). The first-order valence-corrected chi connectivity index (χ1v) is 7.09. The highest BCUT2D eigenvalue weighted by Gasteiger charge is 2.28. The first-order valence-electron chi connectivity index (χ1n) is 6.68. The monoisotopic (exact) mass is 256 g/mol. The maximum absolute atomic E-state index is 12.3. The largest absolute Gasteiger partial charge is 0.393 e. The van der Waals surface area contributed by atoms with Crippen LogP contribution in [-0.2, 0) is 4.79 Å². The summed E-state index contributed by atoms with van der Waals surface area (Å²) in [5.74, 6) is 0.580. The minimum absolute atomic E-state index is 0.133. The van der Waals surface area contributed by atoms with Gasteiger partial charge in [-0.15, -0.1) is 0 Å². The van der Waals surface area contributed by atoms with Crippen LogP contribution in [-0.4, -0.2) is 28.9 Å². The molecule has 0 radical (unpaired) electrons. The van der Waals surface area contributed by atoms with Crippen LogP contribution in [0.1, 0.15) is 46.0 Å². The molecule has 1 aliphatic carbocycles. The van der Waals surface area contributed by atoms with E-state index in [0.29, 0.717) is 10.9 Å². The van der Waals surface area contributed by atoms with Gasteiger partial charge in [-0.1, -0.05) is 32.0 Å². The highest BCUT2D eigenvalue weighted by atomic mass is 32.1. The molecule has 4 heteroatoms. The van der Waals surface area contributed by atoms with E-state index in [-0.39, 0.29) is 11.8 Å². The average molecular weight is 256 g/mol. The van der Waals surface area contributed by atoms with E-state index in [1.54, 1.807) is 0 Å². The molecule has 0 bridgehead atoms. The van der Waals surface area contributed by atoms with Crippen LogP contribution in [0, 0.1) is 11.8 Å². The standard InChI is InChI=1S/C13H24N2OS/c1-3-6-11(12(14)17)13(16)15(4-2)9-10-7-5-8-10/h10-11H,3-9H2,1-2H3,(H2,14,17). The maximum Gasteiger partial charge on any atom is 0.232 e. The van der Waals surface area contributed by atoms with Crippen LogP contribution in [0.5, 0.6) is 0 Å². The van der Waals surface area contributed by atoms with Crippen LogP contribution in [0.2, 0.25) is 0 Å². The van der Waals surface area contributed by atoms with Gasteiger partial charge in [0.1, 0.15) is 0 Å². The molecule has 1 unspecified atom stereocenters. The van der Waals surface area contributed by atoms with Crippen LogP contribution >= 0.6 is 12.2 Å². The molecule has 0 aliphatic heterocycles. The Morgan fingerprint density at radius 2 is 2.12 bits per heavy atom. The Bertz CT molecular complexity index is 277. The van der Waals surface area contributed by atoms with E-state index in [1.807, 2.05) is 11.8 Å². The molecule has 1 atom stereocenters. The molecular formula is C13H24N2OS. The lowest BCUT2D eigenvalue weighted by atomic mass is 9.85. The predicted octanol–water partition coefficient (Wildman–Crippen LogP) is 2.34. The zero-order valence-corrected chi connectivity index (χ0v) is 11.8. The van der Waals surface area contributed by atoms with E-state index in [9.17, 15) is 4.79 Å². The molecule has 0 saturated heterocycles. The number of amides is 1. The highest BCUT2D eigenvalue weighted by molar-refractivity contribution is 7.80. The van der Waals surface area contributed by atoms with Crippen molar-refractivity contribution in [1.82, 2.24) is 4.90 Å². The molecule has 98 valence electrons. The molecule has 2 N–H and O–H groups in total. The Morgan fingerprint density at radius 1 is 1.47 bits per heavy atom. The zero-order chi connectivity index (χ0) is 12.8. The van der Waals surface area contributed by atoms with Gasteiger partial charge < -0.3 is 10.6 Å². The summed E-state index contributed by atoms with van der Waals surface area (Å²) in [6, 6.07) is 0. The molecule has 3 nitrogen and oxygen atoms in total. The summed E-state index contributed by atoms with van der Waals surface area (Å²) in [6.45, 7) is 5.73. The first-order chi connectivity index (χ1) is 8.10. The lowest BCUT2D eigenvalue weighted by Crippen LogP contribution is -2.44. The number of rotatable bonds is 7. The first kappa shape index (κ1) is 14.4. The lowest BCUT2D eigenvalue weighted by molar-refractivity contribution is -0.134. The van der Waals surface area contributed by atoms with Crippen molar-refractivity contribution >= 4 is 23.1 Å². The molecule has 0 aromatic heterocycles. The van der Waals surface area contributed by atoms with Gasteiger partial charge in [-0.25, -0.2) is 0 Å². The Morgan fingerprint density at radius 3 is 2.47 bits per heavy atom. The van der Waals surface area contributed by atoms with Crippen LogP contribution < -0.4 is 5.73 Å². The second-order valence-electron chi connectivity index (χ2n) is 4.92. The second kappa shape index (κ2) is 6.94. The van der Waals surface area contributed by atoms with Crippen molar-refractivity contribution in [2.45, 2.75) is 46.0 Å². The molecule has 1 saturated carbocycles. The number of thiocarbonyl (C=S) groups is 1. The summed E-state index contributed by atoms with van der Waals surface area (Å²) >= 11 is 5.01. The fourth-order valence-corrected chi connectivity index (χ4v) is 2.48. The highest BCUT2D eigenvalue weighted by Crippen LogP contribution is 2.27. The number of carbonyl (C=O) groups excluding carboxylic acids is 1. The SMILES string of the molecule is CCCC(C(=O)N(CC)CC1CCC1)C(N)=S. The van der Waals surface area contributed by atoms with Crippen molar-refractivity contribution in [1.29, 1.82) is 0 Å².